The van der Waals surface area contributed by atoms with Gasteiger partial charge in [-0.05, 0) is 43.5 Å². The second-order valence-corrected chi connectivity index (χ2v) is 7.34. The molecule has 0 atom stereocenters. The largest absolute Gasteiger partial charge is 0.487 e. The van der Waals surface area contributed by atoms with E-state index in [1.807, 2.05) is 12.3 Å². The van der Waals surface area contributed by atoms with E-state index in [0.29, 0.717) is 30.4 Å². The van der Waals surface area contributed by atoms with Gasteiger partial charge in [0.2, 0.25) is 0 Å². The highest BCUT2D eigenvalue weighted by atomic mass is 32.1. The first-order valence-electron chi connectivity index (χ1n) is 8.51. The van der Waals surface area contributed by atoms with Crippen LogP contribution in [0.1, 0.15) is 41.3 Å². The summed E-state index contributed by atoms with van der Waals surface area (Å²) in [6, 6.07) is 6.61. The van der Waals surface area contributed by atoms with E-state index in [4.69, 9.17) is 9.47 Å². The molecule has 1 N–H and O–H groups in total. The monoisotopic (exact) mass is 376 g/mol. The summed E-state index contributed by atoms with van der Waals surface area (Å²) in [4.78, 5) is 27.9. The maximum atomic E-state index is 12.0. The van der Waals surface area contributed by atoms with Crippen LogP contribution in [0.2, 0.25) is 0 Å². The van der Waals surface area contributed by atoms with Crippen molar-refractivity contribution >= 4 is 23.2 Å². The number of rotatable bonds is 9. The second kappa shape index (κ2) is 9.91. The van der Waals surface area contributed by atoms with Crippen LogP contribution in [0.3, 0.4) is 0 Å². The smallest absolute Gasteiger partial charge is 0.338 e. The van der Waals surface area contributed by atoms with Crippen LogP contribution in [0.4, 0.5) is 0 Å². The third-order valence-corrected chi connectivity index (χ3v) is 4.34. The van der Waals surface area contributed by atoms with Crippen molar-refractivity contribution in [2.45, 2.75) is 33.8 Å². The fraction of sp³-hybridized carbons (Fsp3) is 0.421. The molecule has 2 rings (SSSR count). The Hall–Kier alpha value is -2.41. The lowest BCUT2D eigenvalue weighted by Crippen LogP contribution is -2.30. The number of carbonyl (C=O) groups excluding carboxylic acids is 2. The number of thiazole rings is 1. The molecule has 0 radical (unpaired) electrons. The Bertz CT molecular complexity index is 725. The first kappa shape index (κ1) is 19.9. The van der Waals surface area contributed by atoms with E-state index in [0.717, 1.165) is 17.1 Å². The number of aromatic nitrogens is 1. The summed E-state index contributed by atoms with van der Waals surface area (Å²) in [7, 11) is 0. The molecule has 0 bridgehead atoms. The van der Waals surface area contributed by atoms with Crippen molar-refractivity contribution in [2.75, 3.05) is 13.2 Å². The van der Waals surface area contributed by atoms with Gasteiger partial charge in [-0.1, -0.05) is 13.8 Å². The Morgan fingerprint density at radius 2 is 1.96 bits per heavy atom. The summed E-state index contributed by atoms with van der Waals surface area (Å²) in [5.41, 5.74) is 1.25. The Balaban J connectivity index is 1.74. The first-order valence-corrected chi connectivity index (χ1v) is 9.39. The summed E-state index contributed by atoms with van der Waals surface area (Å²) in [5.74, 6) is 0.319. The lowest BCUT2D eigenvalue weighted by molar-refractivity contribution is -0.124. The van der Waals surface area contributed by atoms with Crippen LogP contribution in [0.25, 0.3) is 0 Å². The lowest BCUT2D eigenvalue weighted by atomic mass is 10.1. The summed E-state index contributed by atoms with van der Waals surface area (Å²) in [5, 5.41) is 5.67. The Morgan fingerprint density at radius 1 is 1.23 bits per heavy atom. The van der Waals surface area contributed by atoms with Gasteiger partial charge in [0.15, 0.2) is 6.61 Å². The van der Waals surface area contributed by atoms with E-state index in [-0.39, 0.29) is 12.5 Å². The zero-order valence-corrected chi connectivity index (χ0v) is 16.1. The fourth-order valence-electron chi connectivity index (χ4n) is 2.08. The van der Waals surface area contributed by atoms with E-state index < -0.39 is 5.97 Å². The minimum absolute atomic E-state index is 0.279. The van der Waals surface area contributed by atoms with Crippen molar-refractivity contribution in [1.29, 1.82) is 0 Å². The highest BCUT2D eigenvalue weighted by Gasteiger charge is 2.10. The summed E-state index contributed by atoms with van der Waals surface area (Å²) >= 11 is 1.57. The summed E-state index contributed by atoms with van der Waals surface area (Å²) in [6.07, 6.45) is 0.890. The highest BCUT2D eigenvalue weighted by Crippen LogP contribution is 2.16. The van der Waals surface area contributed by atoms with Gasteiger partial charge >= 0.3 is 5.97 Å². The number of hydrogen-bond donors (Lipinski definition) is 1. The van der Waals surface area contributed by atoms with Crippen LogP contribution in [-0.4, -0.2) is 30.0 Å². The predicted octanol–water partition coefficient (Wildman–Crippen LogP) is 3.35. The fourth-order valence-corrected chi connectivity index (χ4v) is 2.68. The van der Waals surface area contributed by atoms with Gasteiger partial charge in [-0.25, -0.2) is 9.78 Å². The quantitative estimate of drug-likeness (QED) is 0.679. The lowest BCUT2D eigenvalue weighted by Gasteiger charge is -2.08. The van der Waals surface area contributed by atoms with Gasteiger partial charge in [0.1, 0.15) is 12.4 Å². The number of carbonyl (C=O) groups is 2. The van der Waals surface area contributed by atoms with Crippen LogP contribution < -0.4 is 10.1 Å². The third kappa shape index (κ3) is 6.84. The molecule has 0 fully saturated rings. The van der Waals surface area contributed by atoms with Crippen LogP contribution in [-0.2, 0) is 16.1 Å². The number of nitrogens with one attached hydrogen (secondary N) is 1. The molecular formula is C19H24N2O4S. The van der Waals surface area contributed by atoms with Gasteiger partial charge in [-0.3, -0.25) is 4.79 Å². The van der Waals surface area contributed by atoms with Gasteiger partial charge in [-0.2, -0.15) is 0 Å². The molecule has 1 amide bonds. The molecule has 1 aromatic carbocycles. The van der Waals surface area contributed by atoms with Crippen LogP contribution in [0.5, 0.6) is 5.75 Å². The Labute approximate surface area is 157 Å². The van der Waals surface area contributed by atoms with E-state index in [9.17, 15) is 9.59 Å². The van der Waals surface area contributed by atoms with E-state index in [1.165, 1.54) is 0 Å². The van der Waals surface area contributed by atoms with Crippen LogP contribution in [0, 0.1) is 12.8 Å². The van der Waals surface area contributed by atoms with Gasteiger partial charge in [-0.15, -0.1) is 11.3 Å². The molecule has 0 unspecified atom stereocenters. The normalized spacial score (nSPS) is 10.6. The SMILES string of the molecule is Cc1nc(COc2ccc(C(=O)OCC(=O)NCCC(C)C)cc2)cs1. The molecule has 0 spiro atoms. The highest BCUT2D eigenvalue weighted by molar-refractivity contribution is 7.09. The molecule has 1 aromatic heterocycles. The van der Waals surface area contributed by atoms with Gasteiger partial charge in [0.25, 0.3) is 5.91 Å². The third-order valence-electron chi connectivity index (χ3n) is 3.52. The Morgan fingerprint density at radius 3 is 2.58 bits per heavy atom. The van der Waals surface area contributed by atoms with Crippen molar-refractivity contribution in [1.82, 2.24) is 10.3 Å². The minimum Gasteiger partial charge on any atom is -0.487 e. The maximum Gasteiger partial charge on any atom is 0.338 e. The molecule has 7 heteroatoms. The predicted molar refractivity (Wildman–Crippen MR) is 100 cm³/mol. The van der Waals surface area contributed by atoms with Gasteiger partial charge in [0, 0.05) is 11.9 Å². The van der Waals surface area contributed by atoms with Crippen molar-refractivity contribution in [2.24, 2.45) is 5.92 Å². The maximum absolute atomic E-state index is 12.0. The molecular weight excluding hydrogens is 352 g/mol. The van der Waals surface area contributed by atoms with Crippen molar-refractivity contribution in [3.63, 3.8) is 0 Å². The number of aryl methyl sites for hydroxylation is 1. The molecule has 0 aliphatic heterocycles. The Kier molecular flexibility index (Phi) is 7.59. The molecule has 6 nitrogen and oxygen atoms in total. The van der Waals surface area contributed by atoms with Crippen molar-refractivity contribution in [3.8, 4) is 5.75 Å². The van der Waals surface area contributed by atoms with E-state index in [2.05, 4.69) is 24.1 Å². The molecule has 26 heavy (non-hydrogen) atoms. The van der Waals surface area contributed by atoms with Crippen LogP contribution >= 0.6 is 11.3 Å². The number of nitrogens with zero attached hydrogens (tertiary/aromatic N) is 1. The molecule has 1 heterocycles. The molecule has 0 aliphatic rings. The van der Waals surface area contributed by atoms with Crippen molar-refractivity contribution in [3.05, 3.63) is 45.9 Å². The molecule has 0 aliphatic carbocycles. The number of hydrogen-bond acceptors (Lipinski definition) is 6. The average Bonchev–Trinajstić information content (AvgIpc) is 3.03. The van der Waals surface area contributed by atoms with Crippen LogP contribution in [0.15, 0.2) is 29.6 Å². The average molecular weight is 376 g/mol. The molecule has 2 aromatic rings. The zero-order valence-electron chi connectivity index (χ0n) is 15.3. The standard InChI is InChI=1S/C19H24N2O4S/c1-13(2)8-9-20-18(22)11-25-19(23)15-4-6-17(7-5-15)24-10-16-12-26-14(3)21-16/h4-7,12-13H,8-11H2,1-3H3,(H,20,22). The topological polar surface area (TPSA) is 77.5 Å². The van der Waals surface area contributed by atoms with E-state index >= 15 is 0 Å². The number of benzene rings is 1. The van der Waals surface area contributed by atoms with Gasteiger partial charge < -0.3 is 14.8 Å². The summed E-state index contributed by atoms with van der Waals surface area (Å²) in [6.45, 7) is 6.79. The van der Waals surface area contributed by atoms with E-state index in [1.54, 1.807) is 35.6 Å². The molecule has 0 saturated carbocycles. The molecule has 0 saturated heterocycles. The minimum atomic E-state index is -0.536. The van der Waals surface area contributed by atoms with Crippen molar-refractivity contribution < 1.29 is 19.1 Å². The zero-order chi connectivity index (χ0) is 18.9. The number of esters is 1. The second-order valence-electron chi connectivity index (χ2n) is 6.28. The first-order chi connectivity index (χ1) is 12.4. The summed E-state index contributed by atoms with van der Waals surface area (Å²) < 4.78 is 10.6. The number of amides is 1. The van der Waals surface area contributed by atoms with Gasteiger partial charge in [0.05, 0.1) is 16.3 Å². The molecule has 140 valence electrons. The number of ether oxygens (including phenoxy) is 2.